The van der Waals surface area contributed by atoms with Gasteiger partial charge < -0.3 is 20.4 Å². The lowest BCUT2D eigenvalue weighted by molar-refractivity contribution is -0.137. The normalized spacial score (nSPS) is 22.2. The molecular weight excluding hydrogens is 405 g/mol. The number of likely N-dealkylation sites (tertiary alicyclic amines) is 1. The molecule has 0 saturated carbocycles. The monoisotopic (exact) mass is 432 g/mol. The van der Waals surface area contributed by atoms with Crippen molar-refractivity contribution in [2.24, 2.45) is 10.9 Å². The molecule has 10 heteroatoms. The second kappa shape index (κ2) is 9.38. The molecule has 1 atom stereocenters. The first-order valence-corrected chi connectivity index (χ1v) is 10.3. The Balaban J connectivity index is 1.51. The zero-order valence-electron chi connectivity index (χ0n) is 16.8. The Bertz CT molecular complexity index is 718. The Morgan fingerprint density at radius 2 is 2.00 bits per heavy atom. The maximum Gasteiger partial charge on any atom is 0.417 e. The van der Waals surface area contributed by atoms with E-state index in [9.17, 15) is 13.2 Å². The fourth-order valence-electron chi connectivity index (χ4n) is 3.78. The number of rotatable bonds is 4. The van der Waals surface area contributed by atoms with E-state index in [2.05, 4.69) is 32.6 Å². The molecule has 0 amide bonds. The number of aromatic nitrogens is 1. The molecule has 2 aliphatic heterocycles. The summed E-state index contributed by atoms with van der Waals surface area (Å²) < 4.78 is 38.4. The van der Waals surface area contributed by atoms with Crippen molar-refractivity contribution < 1.29 is 13.2 Å². The van der Waals surface area contributed by atoms with E-state index in [-0.39, 0.29) is 11.1 Å². The molecule has 0 radical (unpaired) electrons. The number of anilines is 1. The molecular formula is C19H28ClF3N6. The van der Waals surface area contributed by atoms with Crippen LogP contribution in [0.1, 0.15) is 24.8 Å². The summed E-state index contributed by atoms with van der Waals surface area (Å²) in [6.45, 7) is 4.40. The molecule has 2 saturated heterocycles. The largest absolute Gasteiger partial charge is 0.417 e. The highest BCUT2D eigenvalue weighted by Gasteiger charge is 2.33. The molecule has 1 unspecified atom stereocenters. The van der Waals surface area contributed by atoms with Gasteiger partial charge in [-0.3, -0.25) is 4.99 Å². The third-order valence-electron chi connectivity index (χ3n) is 5.60. The van der Waals surface area contributed by atoms with Crippen molar-refractivity contribution in [2.45, 2.75) is 31.5 Å². The molecule has 0 aliphatic carbocycles. The number of nitrogens with zero attached hydrogens (tertiary/aromatic N) is 4. The fourth-order valence-corrected chi connectivity index (χ4v) is 4.07. The summed E-state index contributed by atoms with van der Waals surface area (Å²) in [4.78, 5) is 12.5. The summed E-state index contributed by atoms with van der Waals surface area (Å²) in [7, 11) is 3.89. The lowest BCUT2D eigenvalue weighted by Crippen LogP contribution is -2.46. The quantitative estimate of drug-likeness (QED) is 0.566. The van der Waals surface area contributed by atoms with Gasteiger partial charge in [0.1, 0.15) is 5.82 Å². The summed E-state index contributed by atoms with van der Waals surface area (Å²) in [5.74, 6) is 1.78. The topological polar surface area (TPSA) is 55.8 Å². The van der Waals surface area contributed by atoms with Crippen LogP contribution in [0.15, 0.2) is 17.3 Å². The third kappa shape index (κ3) is 5.88. The van der Waals surface area contributed by atoms with Crippen molar-refractivity contribution in [2.75, 3.05) is 51.7 Å². The van der Waals surface area contributed by atoms with Gasteiger partial charge >= 0.3 is 6.18 Å². The first-order valence-electron chi connectivity index (χ1n) is 9.89. The maximum atomic E-state index is 12.8. The molecule has 0 aromatic carbocycles. The zero-order chi connectivity index (χ0) is 21.0. The minimum Gasteiger partial charge on any atom is -0.356 e. The number of guanidine groups is 1. The van der Waals surface area contributed by atoms with E-state index < -0.39 is 11.7 Å². The number of piperidine rings is 1. The van der Waals surface area contributed by atoms with E-state index in [1.54, 1.807) is 7.05 Å². The van der Waals surface area contributed by atoms with Crippen LogP contribution in [0.5, 0.6) is 0 Å². The van der Waals surface area contributed by atoms with Crippen LogP contribution in [0.4, 0.5) is 19.0 Å². The average Bonchev–Trinajstić information content (AvgIpc) is 3.13. The summed E-state index contributed by atoms with van der Waals surface area (Å²) in [6, 6.07) is 1.06. The molecule has 3 rings (SSSR count). The van der Waals surface area contributed by atoms with E-state index in [1.165, 1.54) is 12.8 Å². The van der Waals surface area contributed by atoms with Crippen molar-refractivity contribution in [3.05, 3.63) is 22.8 Å². The summed E-state index contributed by atoms with van der Waals surface area (Å²) in [5.41, 5.74) is -0.835. The predicted octanol–water partition coefficient (Wildman–Crippen LogP) is 2.84. The van der Waals surface area contributed by atoms with Crippen LogP contribution in [-0.2, 0) is 6.18 Å². The van der Waals surface area contributed by atoms with E-state index >= 15 is 0 Å². The molecule has 2 N–H and O–H groups in total. The van der Waals surface area contributed by atoms with Gasteiger partial charge in [0.15, 0.2) is 5.96 Å². The Kier molecular flexibility index (Phi) is 7.10. The number of hydrogen-bond donors (Lipinski definition) is 2. The smallest absolute Gasteiger partial charge is 0.356 e. The van der Waals surface area contributed by atoms with Crippen LogP contribution in [0.25, 0.3) is 0 Å². The lowest BCUT2D eigenvalue weighted by Gasteiger charge is -2.29. The maximum absolute atomic E-state index is 12.8. The van der Waals surface area contributed by atoms with Gasteiger partial charge in [0, 0.05) is 38.9 Å². The van der Waals surface area contributed by atoms with Crippen LogP contribution < -0.4 is 15.5 Å². The predicted molar refractivity (Wildman–Crippen MR) is 110 cm³/mol. The fraction of sp³-hybridized carbons (Fsp3) is 0.684. The van der Waals surface area contributed by atoms with Crippen molar-refractivity contribution in [3.63, 3.8) is 0 Å². The standard InChI is InChI=1S/C19H28ClF3N6/c1-24-18(26-10-13-3-6-28(2)7-4-13)27-15-5-8-29(12-15)17-16(20)9-14(11-25-17)19(21,22)23/h9,11,13,15H,3-8,10,12H2,1-2H3,(H2,24,26,27). The number of nitrogens with one attached hydrogen (secondary N) is 2. The van der Waals surface area contributed by atoms with Crippen LogP contribution in [0.2, 0.25) is 5.02 Å². The molecule has 29 heavy (non-hydrogen) atoms. The number of aliphatic imine (C=N–C) groups is 1. The second-order valence-electron chi connectivity index (χ2n) is 7.80. The van der Waals surface area contributed by atoms with Gasteiger partial charge in [0.2, 0.25) is 0 Å². The highest BCUT2D eigenvalue weighted by molar-refractivity contribution is 6.33. The van der Waals surface area contributed by atoms with Crippen LogP contribution >= 0.6 is 11.6 Å². The van der Waals surface area contributed by atoms with Crippen molar-refractivity contribution >= 4 is 23.4 Å². The van der Waals surface area contributed by atoms with E-state index in [0.717, 1.165) is 44.3 Å². The third-order valence-corrected chi connectivity index (χ3v) is 5.88. The molecule has 1 aromatic heterocycles. The highest BCUT2D eigenvalue weighted by Crippen LogP contribution is 2.34. The molecule has 6 nitrogen and oxygen atoms in total. The SMILES string of the molecule is CN=C(NCC1CCN(C)CC1)NC1CCN(c2ncc(C(F)(F)F)cc2Cl)C1. The van der Waals surface area contributed by atoms with Crippen molar-refractivity contribution in [1.29, 1.82) is 0 Å². The van der Waals surface area contributed by atoms with Gasteiger partial charge in [-0.05, 0) is 51.4 Å². The number of halogens is 4. The average molecular weight is 433 g/mol. The molecule has 2 fully saturated rings. The van der Waals surface area contributed by atoms with E-state index in [1.807, 2.05) is 4.90 Å². The molecule has 2 aliphatic rings. The molecule has 162 valence electrons. The van der Waals surface area contributed by atoms with Gasteiger partial charge in [0.05, 0.1) is 10.6 Å². The first kappa shape index (κ1) is 22.0. The number of hydrogen-bond acceptors (Lipinski definition) is 4. The van der Waals surface area contributed by atoms with Gasteiger partial charge in [-0.25, -0.2) is 4.98 Å². The minimum atomic E-state index is -4.45. The van der Waals surface area contributed by atoms with Crippen LogP contribution in [0.3, 0.4) is 0 Å². The summed E-state index contributed by atoms with van der Waals surface area (Å²) >= 11 is 6.08. The second-order valence-corrected chi connectivity index (χ2v) is 8.21. The Morgan fingerprint density at radius 3 is 2.62 bits per heavy atom. The molecule has 1 aromatic rings. The number of alkyl halides is 3. The van der Waals surface area contributed by atoms with Crippen LogP contribution in [-0.4, -0.2) is 68.7 Å². The zero-order valence-corrected chi connectivity index (χ0v) is 17.5. The minimum absolute atomic E-state index is 0.0187. The van der Waals surface area contributed by atoms with Crippen LogP contribution in [0, 0.1) is 5.92 Å². The summed E-state index contributed by atoms with van der Waals surface area (Å²) in [5, 5.41) is 6.83. The van der Waals surface area contributed by atoms with Gasteiger partial charge in [-0.15, -0.1) is 0 Å². The molecule has 3 heterocycles. The Morgan fingerprint density at radius 1 is 1.28 bits per heavy atom. The lowest BCUT2D eigenvalue weighted by atomic mass is 9.97. The Hall–Kier alpha value is -1.74. The molecule has 0 spiro atoms. The first-order chi connectivity index (χ1) is 13.8. The highest BCUT2D eigenvalue weighted by atomic mass is 35.5. The Labute approximate surface area is 174 Å². The van der Waals surface area contributed by atoms with Crippen molar-refractivity contribution in [1.82, 2.24) is 20.5 Å². The number of pyridine rings is 1. The van der Waals surface area contributed by atoms with Crippen molar-refractivity contribution in [3.8, 4) is 0 Å². The van der Waals surface area contributed by atoms with E-state index in [0.29, 0.717) is 24.8 Å². The van der Waals surface area contributed by atoms with Gasteiger partial charge in [0.25, 0.3) is 0 Å². The van der Waals surface area contributed by atoms with Gasteiger partial charge in [-0.2, -0.15) is 13.2 Å². The summed E-state index contributed by atoms with van der Waals surface area (Å²) in [6.07, 6.45) is -0.431. The van der Waals surface area contributed by atoms with Gasteiger partial charge in [-0.1, -0.05) is 11.6 Å². The van der Waals surface area contributed by atoms with E-state index in [4.69, 9.17) is 11.6 Å². The molecule has 0 bridgehead atoms.